The average molecular weight is 287 g/mol. The number of hydrogen-bond donors (Lipinski definition) is 1. The molecule has 0 aromatic carbocycles. The van der Waals surface area contributed by atoms with Gasteiger partial charge in [0.2, 0.25) is 0 Å². The number of aryl methyl sites for hydroxylation is 2. The number of rotatable bonds is 2. The van der Waals surface area contributed by atoms with Crippen LogP contribution < -0.4 is 0 Å². The van der Waals surface area contributed by atoms with Crippen LogP contribution in [0.1, 0.15) is 27.9 Å². The van der Waals surface area contributed by atoms with Gasteiger partial charge in [-0.3, -0.25) is 0 Å². The third-order valence-corrected chi connectivity index (χ3v) is 4.48. The molecule has 0 aliphatic carbocycles. The highest BCUT2D eigenvalue weighted by molar-refractivity contribution is 9.11. The van der Waals surface area contributed by atoms with Gasteiger partial charge < -0.3 is 9.52 Å². The zero-order valence-corrected chi connectivity index (χ0v) is 10.9. The van der Waals surface area contributed by atoms with E-state index in [2.05, 4.69) is 15.9 Å². The molecule has 2 nitrogen and oxygen atoms in total. The predicted octanol–water partition coefficient (Wildman–Crippen LogP) is 3.80. The largest absolute Gasteiger partial charge is 0.466 e. The Kier molecular flexibility index (Phi) is 3.00. The maximum absolute atomic E-state index is 10.1. The highest BCUT2D eigenvalue weighted by Gasteiger charge is 2.18. The SMILES string of the molecule is Cc1ccoc1C(O)c1cc(C)c(Br)s1. The number of hydrogen-bond acceptors (Lipinski definition) is 3. The lowest BCUT2D eigenvalue weighted by Gasteiger charge is -2.05. The van der Waals surface area contributed by atoms with Gasteiger partial charge in [0.15, 0.2) is 0 Å². The molecule has 1 unspecified atom stereocenters. The van der Waals surface area contributed by atoms with E-state index >= 15 is 0 Å². The zero-order valence-electron chi connectivity index (χ0n) is 8.45. The number of aliphatic hydroxyl groups is 1. The molecule has 0 saturated heterocycles. The standard InChI is InChI=1S/C11H11BrO2S/c1-6-3-4-14-10(6)9(13)8-5-7(2)11(12)15-8/h3-5,9,13H,1-2H3. The van der Waals surface area contributed by atoms with Crippen LogP contribution in [0.15, 0.2) is 26.6 Å². The lowest BCUT2D eigenvalue weighted by atomic mass is 10.1. The van der Waals surface area contributed by atoms with Crippen LogP contribution in [0.5, 0.6) is 0 Å². The van der Waals surface area contributed by atoms with E-state index in [0.717, 1.165) is 19.8 Å². The molecule has 1 N–H and O–H groups in total. The summed E-state index contributed by atoms with van der Waals surface area (Å²) in [7, 11) is 0. The monoisotopic (exact) mass is 286 g/mol. The van der Waals surface area contributed by atoms with Crippen molar-refractivity contribution in [2.24, 2.45) is 0 Å². The van der Waals surface area contributed by atoms with Gasteiger partial charge in [0.1, 0.15) is 11.9 Å². The second kappa shape index (κ2) is 4.12. The molecule has 0 saturated carbocycles. The molecule has 2 aromatic heterocycles. The quantitative estimate of drug-likeness (QED) is 0.911. The van der Waals surface area contributed by atoms with E-state index in [0.29, 0.717) is 5.76 Å². The van der Waals surface area contributed by atoms with Gasteiger partial charge in [-0.2, -0.15) is 0 Å². The summed E-state index contributed by atoms with van der Waals surface area (Å²) in [5.41, 5.74) is 2.11. The first-order valence-corrected chi connectivity index (χ1v) is 6.18. The van der Waals surface area contributed by atoms with E-state index in [1.54, 1.807) is 6.26 Å². The van der Waals surface area contributed by atoms with E-state index in [1.165, 1.54) is 11.3 Å². The predicted molar refractivity (Wildman–Crippen MR) is 64.3 cm³/mol. The Balaban J connectivity index is 2.36. The minimum absolute atomic E-state index is 0.628. The summed E-state index contributed by atoms with van der Waals surface area (Å²) in [4.78, 5) is 0.900. The van der Waals surface area contributed by atoms with Gasteiger partial charge in [0, 0.05) is 4.88 Å². The van der Waals surface area contributed by atoms with Gasteiger partial charge in [-0.15, -0.1) is 11.3 Å². The topological polar surface area (TPSA) is 33.4 Å². The molecular weight excluding hydrogens is 276 g/mol. The first kappa shape index (κ1) is 10.9. The first-order valence-electron chi connectivity index (χ1n) is 4.57. The van der Waals surface area contributed by atoms with Crippen LogP contribution in [0.2, 0.25) is 0 Å². The van der Waals surface area contributed by atoms with E-state index in [-0.39, 0.29) is 0 Å². The van der Waals surface area contributed by atoms with Crippen molar-refractivity contribution < 1.29 is 9.52 Å². The molecule has 0 radical (unpaired) electrons. The fraction of sp³-hybridized carbons (Fsp3) is 0.273. The molecule has 0 aliphatic heterocycles. The number of halogens is 1. The molecule has 0 amide bonds. The summed E-state index contributed by atoms with van der Waals surface area (Å²) >= 11 is 4.98. The van der Waals surface area contributed by atoms with Crippen molar-refractivity contribution in [3.05, 3.63) is 43.9 Å². The lowest BCUT2D eigenvalue weighted by Crippen LogP contribution is -1.96. The van der Waals surface area contributed by atoms with Crippen LogP contribution >= 0.6 is 27.3 Å². The minimum atomic E-state index is -0.657. The summed E-state index contributed by atoms with van der Waals surface area (Å²) in [6.07, 6.45) is 0.943. The molecule has 4 heteroatoms. The normalized spacial score (nSPS) is 13.1. The van der Waals surface area contributed by atoms with Crippen molar-refractivity contribution >= 4 is 27.3 Å². The Bertz CT molecular complexity index is 453. The molecule has 80 valence electrons. The molecule has 1 atom stereocenters. The fourth-order valence-corrected chi connectivity index (χ4v) is 2.97. The van der Waals surface area contributed by atoms with Crippen LogP contribution in [0.25, 0.3) is 0 Å². The first-order chi connectivity index (χ1) is 7.09. The van der Waals surface area contributed by atoms with Crippen LogP contribution in [0, 0.1) is 13.8 Å². The maximum Gasteiger partial charge on any atom is 0.146 e. The van der Waals surface area contributed by atoms with Crippen LogP contribution in [-0.4, -0.2) is 5.11 Å². The van der Waals surface area contributed by atoms with Gasteiger partial charge in [-0.1, -0.05) is 0 Å². The molecule has 0 fully saturated rings. The van der Waals surface area contributed by atoms with Crippen LogP contribution in [0.4, 0.5) is 0 Å². The van der Waals surface area contributed by atoms with Gasteiger partial charge in [-0.05, 0) is 53.0 Å². The van der Waals surface area contributed by atoms with E-state index in [1.807, 2.05) is 26.0 Å². The van der Waals surface area contributed by atoms with Gasteiger partial charge >= 0.3 is 0 Å². The van der Waals surface area contributed by atoms with Gasteiger partial charge in [0.05, 0.1) is 10.0 Å². The molecule has 0 spiro atoms. The Labute approximate surface area is 101 Å². The molecule has 0 bridgehead atoms. The number of furan rings is 1. The Hall–Kier alpha value is -0.580. The molecule has 2 aromatic rings. The van der Waals surface area contributed by atoms with Crippen molar-refractivity contribution in [1.82, 2.24) is 0 Å². The van der Waals surface area contributed by atoms with Crippen molar-refractivity contribution in [3.8, 4) is 0 Å². The molecular formula is C11H11BrO2S. The zero-order chi connectivity index (χ0) is 11.0. The fourth-order valence-electron chi connectivity index (χ4n) is 1.41. The number of aliphatic hydroxyl groups excluding tert-OH is 1. The van der Waals surface area contributed by atoms with E-state index in [9.17, 15) is 5.11 Å². The average Bonchev–Trinajstić information content (AvgIpc) is 2.74. The lowest BCUT2D eigenvalue weighted by molar-refractivity contribution is 0.192. The van der Waals surface area contributed by atoms with Crippen LogP contribution in [0.3, 0.4) is 0 Å². The minimum Gasteiger partial charge on any atom is -0.466 e. The molecule has 2 rings (SSSR count). The Morgan fingerprint density at radius 3 is 2.60 bits per heavy atom. The highest BCUT2D eigenvalue weighted by Crippen LogP contribution is 2.35. The third kappa shape index (κ3) is 2.02. The molecule has 15 heavy (non-hydrogen) atoms. The van der Waals surface area contributed by atoms with Gasteiger partial charge in [-0.25, -0.2) is 0 Å². The Morgan fingerprint density at radius 1 is 1.40 bits per heavy atom. The van der Waals surface area contributed by atoms with E-state index < -0.39 is 6.10 Å². The van der Waals surface area contributed by atoms with E-state index in [4.69, 9.17) is 4.42 Å². The van der Waals surface area contributed by atoms with Crippen molar-refractivity contribution in [2.45, 2.75) is 20.0 Å². The van der Waals surface area contributed by atoms with Crippen molar-refractivity contribution in [2.75, 3.05) is 0 Å². The summed E-state index contributed by atoms with van der Waals surface area (Å²) in [6.45, 7) is 3.93. The second-order valence-electron chi connectivity index (χ2n) is 3.48. The van der Waals surface area contributed by atoms with Crippen LogP contribution in [-0.2, 0) is 0 Å². The maximum atomic E-state index is 10.1. The van der Waals surface area contributed by atoms with Crippen molar-refractivity contribution in [1.29, 1.82) is 0 Å². The smallest absolute Gasteiger partial charge is 0.146 e. The van der Waals surface area contributed by atoms with Crippen molar-refractivity contribution in [3.63, 3.8) is 0 Å². The molecule has 0 aliphatic rings. The summed E-state index contributed by atoms with van der Waals surface area (Å²) in [5.74, 6) is 0.628. The third-order valence-electron chi connectivity index (χ3n) is 2.30. The summed E-state index contributed by atoms with van der Waals surface area (Å²) < 4.78 is 6.33. The summed E-state index contributed by atoms with van der Waals surface area (Å²) in [6, 6.07) is 3.83. The summed E-state index contributed by atoms with van der Waals surface area (Å²) in [5, 5.41) is 10.1. The van der Waals surface area contributed by atoms with Gasteiger partial charge in [0.25, 0.3) is 0 Å². The second-order valence-corrected chi connectivity index (χ2v) is 5.88. The Morgan fingerprint density at radius 2 is 2.13 bits per heavy atom. The highest BCUT2D eigenvalue weighted by atomic mass is 79.9. The molecule has 2 heterocycles. The number of thiophene rings is 1.